The summed E-state index contributed by atoms with van der Waals surface area (Å²) < 4.78 is 6.92. The van der Waals surface area contributed by atoms with E-state index >= 15 is 0 Å². The van der Waals surface area contributed by atoms with Crippen LogP contribution in [-0.4, -0.2) is 25.6 Å². The second-order valence-corrected chi connectivity index (χ2v) is 3.91. The van der Waals surface area contributed by atoms with Crippen LogP contribution in [0, 0.1) is 10.1 Å². The van der Waals surface area contributed by atoms with Crippen LogP contribution in [-0.2, 0) is 6.61 Å². The largest absolute Gasteiger partial charge is 0.485 e. The van der Waals surface area contributed by atoms with E-state index in [2.05, 4.69) is 4.98 Å². The Bertz CT molecular complexity index is 706. The van der Waals surface area contributed by atoms with Crippen LogP contribution in [0.2, 0.25) is 0 Å². The first-order valence-electron chi connectivity index (χ1n) is 5.29. The number of nitro groups is 1. The minimum Gasteiger partial charge on any atom is -0.485 e. The number of fused-ring (bicyclic) bond motifs is 3. The fourth-order valence-electron chi connectivity index (χ4n) is 1.98. The summed E-state index contributed by atoms with van der Waals surface area (Å²) in [5, 5.41) is 19.7. The van der Waals surface area contributed by atoms with Crippen molar-refractivity contribution in [3.05, 3.63) is 46.0 Å². The average Bonchev–Trinajstić information content (AvgIpc) is 2.82. The first-order valence-corrected chi connectivity index (χ1v) is 5.29. The van der Waals surface area contributed by atoms with E-state index in [1.54, 1.807) is 4.57 Å². The van der Waals surface area contributed by atoms with Gasteiger partial charge >= 0.3 is 5.97 Å². The number of nitro benzene ring substituents is 1. The van der Waals surface area contributed by atoms with E-state index in [1.165, 1.54) is 24.5 Å². The molecule has 1 N–H and O–H groups in total. The molecule has 0 bridgehead atoms. The maximum Gasteiger partial charge on any atom is 0.356 e. The van der Waals surface area contributed by atoms with Crippen molar-refractivity contribution >= 4 is 11.7 Å². The molecule has 1 aromatic heterocycles. The molecule has 1 aliphatic rings. The molecule has 2 heterocycles. The number of rotatable bonds is 2. The minimum absolute atomic E-state index is 0.00972. The summed E-state index contributed by atoms with van der Waals surface area (Å²) in [6.07, 6.45) is 1.37. The summed E-state index contributed by atoms with van der Waals surface area (Å²) in [5.41, 5.74) is 0.783. The Morgan fingerprint density at radius 3 is 3.00 bits per heavy atom. The quantitative estimate of drug-likeness (QED) is 0.646. The first kappa shape index (κ1) is 11.2. The molecule has 0 aliphatic carbocycles. The molecular weight excluding hydrogens is 254 g/mol. The summed E-state index contributed by atoms with van der Waals surface area (Å²) in [4.78, 5) is 24.9. The van der Waals surface area contributed by atoms with E-state index in [9.17, 15) is 14.9 Å². The molecule has 1 aliphatic heterocycles. The number of non-ortho nitro benzene ring substituents is 1. The number of aromatic carboxylic acids is 1. The number of carboxylic acids is 1. The van der Waals surface area contributed by atoms with Crippen molar-refractivity contribution in [1.29, 1.82) is 0 Å². The normalized spacial score (nSPS) is 12.2. The Labute approximate surface area is 106 Å². The van der Waals surface area contributed by atoms with E-state index in [-0.39, 0.29) is 18.0 Å². The number of carboxylic acid groups (broad SMARTS) is 1. The number of nitrogens with zero attached hydrogens (tertiary/aromatic N) is 3. The van der Waals surface area contributed by atoms with Crippen molar-refractivity contribution in [1.82, 2.24) is 9.55 Å². The molecule has 8 nitrogen and oxygen atoms in total. The SMILES string of the molecule is O=C(O)c1ncn2c1COc1cc([N+](=O)[O-])ccc1-2. The molecule has 0 spiro atoms. The molecule has 0 saturated carbocycles. The van der Waals surface area contributed by atoms with Crippen molar-refractivity contribution in [2.24, 2.45) is 0 Å². The van der Waals surface area contributed by atoms with Crippen LogP contribution in [0.5, 0.6) is 5.75 Å². The maximum atomic E-state index is 11.0. The van der Waals surface area contributed by atoms with E-state index in [0.29, 0.717) is 17.1 Å². The highest BCUT2D eigenvalue weighted by Gasteiger charge is 2.25. The zero-order valence-corrected chi connectivity index (χ0v) is 9.44. The van der Waals surface area contributed by atoms with E-state index in [4.69, 9.17) is 9.84 Å². The highest BCUT2D eigenvalue weighted by Crippen LogP contribution is 2.33. The molecule has 19 heavy (non-hydrogen) atoms. The van der Waals surface area contributed by atoms with Gasteiger partial charge in [0.05, 0.1) is 22.4 Å². The van der Waals surface area contributed by atoms with Gasteiger partial charge in [0.2, 0.25) is 0 Å². The van der Waals surface area contributed by atoms with Crippen LogP contribution in [0.4, 0.5) is 5.69 Å². The van der Waals surface area contributed by atoms with Gasteiger partial charge in [0.15, 0.2) is 11.4 Å². The van der Waals surface area contributed by atoms with Gasteiger partial charge in [0.1, 0.15) is 12.9 Å². The van der Waals surface area contributed by atoms with Crippen molar-refractivity contribution in [3.63, 3.8) is 0 Å². The lowest BCUT2D eigenvalue weighted by Crippen LogP contribution is -2.15. The van der Waals surface area contributed by atoms with Crippen molar-refractivity contribution < 1.29 is 19.6 Å². The smallest absolute Gasteiger partial charge is 0.356 e. The van der Waals surface area contributed by atoms with Gasteiger partial charge in [-0.15, -0.1) is 0 Å². The van der Waals surface area contributed by atoms with E-state index in [0.717, 1.165) is 0 Å². The van der Waals surface area contributed by atoms with Gasteiger partial charge in [-0.05, 0) is 6.07 Å². The van der Waals surface area contributed by atoms with Crippen molar-refractivity contribution in [2.45, 2.75) is 6.61 Å². The minimum atomic E-state index is -1.14. The van der Waals surface area contributed by atoms with Gasteiger partial charge < -0.3 is 9.84 Å². The van der Waals surface area contributed by atoms with Crippen LogP contribution < -0.4 is 4.74 Å². The molecule has 0 unspecified atom stereocenters. The van der Waals surface area contributed by atoms with Crippen LogP contribution in [0.25, 0.3) is 5.69 Å². The monoisotopic (exact) mass is 261 g/mol. The maximum absolute atomic E-state index is 11.0. The highest BCUT2D eigenvalue weighted by atomic mass is 16.6. The zero-order valence-electron chi connectivity index (χ0n) is 9.44. The second kappa shape index (κ2) is 3.80. The van der Waals surface area contributed by atoms with Gasteiger partial charge in [0, 0.05) is 6.07 Å². The third-order valence-corrected chi connectivity index (χ3v) is 2.85. The lowest BCUT2D eigenvalue weighted by atomic mass is 10.2. The molecular formula is C11H7N3O5. The van der Waals surface area contributed by atoms with Crippen LogP contribution in [0.15, 0.2) is 24.5 Å². The number of imidazole rings is 1. The molecule has 0 saturated heterocycles. The highest BCUT2D eigenvalue weighted by molar-refractivity contribution is 5.87. The van der Waals surface area contributed by atoms with E-state index in [1.807, 2.05) is 0 Å². The number of hydrogen-bond donors (Lipinski definition) is 1. The number of benzene rings is 1. The molecule has 1 aromatic carbocycles. The predicted molar refractivity (Wildman–Crippen MR) is 61.5 cm³/mol. The molecule has 0 atom stereocenters. The first-order chi connectivity index (χ1) is 9.08. The Balaban J connectivity index is 2.15. The average molecular weight is 261 g/mol. The number of carbonyl (C=O) groups is 1. The number of aromatic nitrogens is 2. The van der Waals surface area contributed by atoms with Crippen LogP contribution >= 0.6 is 0 Å². The summed E-state index contributed by atoms with van der Waals surface area (Å²) >= 11 is 0. The van der Waals surface area contributed by atoms with Gasteiger partial charge in [-0.25, -0.2) is 9.78 Å². The van der Waals surface area contributed by atoms with Crippen LogP contribution in [0.3, 0.4) is 0 Å². The fraction of sp³-hybridized carbons (Fsp3) is 0.0909. The van der Waals surface area contributed by atoms with Gasteiger partial charge in [-0.1, -0.05) is 0 Å². The second-order valence-electron chi connectivity index (χ2n) is 3.91. The van der Waals surface area contributed by atoms with Gasteiger partial charge in [0.25, 0.3) is 5.69 Å². The van der Waals surface area contributed by atoms with Gasteiger partial charge in [-0.3, -0.25) is 14.7 Å². The molecule has 3 rings (SSSR count). The lowest BCUT2D eigenvalue weighted by molar-refractivity contribution is -0.384. The Kier molecular flexibility index (Phi) is 2.24. The topological polar surface area (TPSA) is 107 Å². The van der Waals surface area contributed by atoms with Gasteiger partial charge in [-0.2, -0.15) is 0 Å². The van der Waals surface area contributed by atoms with E-state index < -0.39 is 10.9 Å². The van der Waals surface area contributed by atoms with Crippen molar-refractivity contribution in [2.75, 3.05) is 0 Å². The Morgan fingerprint density at radius 1 is 1.53 bits per heavy atom. The number of hydrogen-bond acceptors (Lipinski definition) is 5. The summed E-state index contributed by atoms with van der Waals surface area (Å²) in [5.74, 6) is -0.807. The molecule has 0 radical (unpaired) electrons. The van der Waals surface area contributed by atoms with Crippen molar-refractivity contribution in [3.8, 4) is 11.4 Å². The third-order valence-electron chi connectivity index (χ3n) is 2.85. The summed E-state index contributed by atoms with van der Waals surface area (Å²) in [6.45, 7) is 0.00972. The lowest BCUT2D eigenvalue weighted by Gasteiger charge is -2.19. The molecule has 8 heteroatoms. The predicted octanol–water partition coefficient (Wildman–Crippen LogP) is 1.37. The Morgan fingerprint density at radius 2 is 2.32 bits per heavy atom. The van der Waals surface area contributed by atoms with Crippen LogP contribution in [0.1, 0.15) is 16.2 Å². The fourth-order valence-corrected chi connectivity index (χ4v) is 1.98. The molecule has 0 fully saturated rings. The summed E-state index contributed by atoms with van der Waals surface area (Å²) in [7, 11) is 0. The zero-order chi connectivity index (χ0) is 13.6. The molecule has 2 aromatic rings. The standard InChI is InChI=1S/C11H7N3O5/c15-11(16)10-8-4-19-9-3-6(14(17)18)1-2-7(9)13(8)5-12-10/h1-3,5H,4H2,(H,15,16). The summed E-state index contributed by atoms with van der Waals surface area (Å²) in [6, 6.07) is 4.14. The third kappa shape index (κ3) is 1.61. The number of ether oxygens (including phenoxy) is 1. The molecule has 0 amide bonds. The Hall–Kier alpha value is -2.90. The molecule has 96 valence electrons.